The summed E-state index contributed by atoms with van der Waals surface area (Å²) in [6, 6.07) is 11.8. The van der Waals surface area contributed by atoms with E-state index in [2.05, 4.69) is 0 Å². The molecule has 2 rings (SSSR count). The van der Waals surface area contributed by atoms with Crippen LogP contribution in [0, 0.1) is 0 Å². The zero-order valence-electron chi connectivity index (χ0n) is 11.9. The van der Waals surface area contributed by atoms with Crippen molar-refractivity contribution in [2.24, 2.45) is 0 Å². The SMILES string of the molecule is COc1ccc(COc2cccc(S(C)(=O)=O)c2)cc1N. The summed E-state index contributed by atoms with van der Waals surface area (Å²) in [5, 5.41) is 0. The van der Waals surface area contributed by atoms with Gasteiger partial charge in [-0.2, -0.15) is 0 Å². The average molecular weight is 307 g/mol. The Morgan fingerprint density at radius 1 is 1.14 bits per heavy atom. The Balaban J connectivity index is 2.11. The highest BCUT2D eigenvalue weighted by atomic mass is 32.2. The summed E-state index contributed by atoms with van der Waals surface area (Å²) in [6.45, 7) is 0.293. The number of hydrogen-bond donors (Lipinski definition) is 1. The largest absolute Gasteiger partial charge is 0.495 e. The van der Waals surface area contributed by atoms with E-state index in [-0.39, 0.29) is 4.90 Å². The highest BCUT2D eigenvalue weighted by molar-refractivity contribution is 7.90. The quantitative estimate of drug-likeness (QED) is 0.857. The highest BCUT2D eigenvalue weighted by Crippen LogP contribution is 2.23. The molecule has 0 bridgehead atoms. The van der Waals surface area contributed by atoms with E-state index in [0.717, 1.165) is 11.8 Å². The normalized spacial score (nSPS) is 11.1. The van der Waals surface area contributed by atoms with Gasteiger partial charge in [0.2, 0.25) is 0 Å². The molecule has 2 aromatic rings. The van der Waals surface area contributed by atoms with Crippen molar-refractivity contribution in [3.8, 4) is 11.5 Å². The van der Waals surface area contributed by atoms with Crippen LogP contribution in [0.3, 0.4) is 0 Å². The number of methoxy groups -OCH3 is 1. The number of anilines is 1. The first kappa shape index (κ1) is 15.2. The predicted molar refractivity (Wildman–Crippen MR) is 81.3 cm³/mol. The monoisotopic (exact) mass is 307 g/mol. The average Bonchev–Trinajstić information content (AvgIpc) is 2.45. The maximum Gasteiger partial charge on any atom is 0.175 e. The zero-order valence-corrected chi connectivity index (χ0v) is 12.7. The molecule has 0 fully saturated rings. The van der Waals surface area contributed by atoms with Crippen LogP contribution in [0.1, 0.15) is 5.56 Å². The Labute approximate surface area is 124 Å². The molecule has 5 nitrogen and oxygen atoms in total. The standard InChI is InChI=1S/C15H17NO4S/c1-19-15-7-6-11(8-14(15)16)10-20-12-4-3-5-13(9-12)21(2,17)18/h3-9H,10,16H2,1-2H3. The molecule has 112 valence electrons. The second kappa shape index (κ2) is 6.05. The van der Waals surface area contributed by atoms with Crippen LogP contribution in [-0.4, -0.2) is 21.8 Å². The minimum atomic E-state index is -3.24. The van der Waals surface area contributed by atoms with Gasteiger partial charge in [-0.05, 0) is 35.9 Å². The van der Waals surface area contributed by atoms with E-state index in [4.69, 9.17) is 15.2 Å². The van der Waals surface area contributed by atoms with Gasteiger partial charge in [-0.15, -0.1) is 0 Å². The summed E-state index contributed by atoms with van der Waals surface area (Å²) < 4.78 is 33.7. The van der Waals surface area contributed by atoms with Crippen LogP contribution in [0.25, 0.3) is 0 Å². The van der Waals surface area contributed by atoms with Gasteiger partial charge in [-0.3, -0.25) is 0 Å². The number of sulfone groups is 1. The second-order valence-corrected chi connectivity index (χ2v) is 6.63. The molecule has 0 spiro atoms. The van der Waals surface area contributed by atoms with E-state index >= 15 is 0 Å². The molecule has 0 heterocycles. The molecule has 0 saturated carbocycles. The van der Waals surface area contributed by atoms with Gasteiger partial charge in [-0.25, -0.2) is 8.42 Å². The lowest BCUT2D eigenvalue weighted by Crippen LogP contribution is -2.00. The molecule has 0 aliphatic rings. The first-order chi connectivity index (χ1) is 9.90. The van der Waals surface area contributed by atoms with E-state index in [1.165, 1.54) is 12.1 Å². The smallest absolute Gasteiger partial charge is 0.175 e. The van der Waals surface area contributed by atoms with Gasteiger partial charge in [0.1, 0.15) is 18.1 Å². The van der Waals surface area contributed by atoms with Crippen molar-refractivity contribution in [1.29, 1.82) is 0 Å². The van der Waals surface area contributed by atoms with Gasteiger partial charge >= 0.3 is 0 Å². The number of hydrogen-bond acceptors (Lipinski definition) is 5. The number of ether oxygens (including phenoxy) is 2. The van der Waals surface area contributed by atoms with E-state index in [1.807, 2.05) is 6.07 Å². The van der Waals surface area contributed by atoms with Gasteiger partial charge in [0.25, 0.3) is 0 Å². The molecule has 6 heteroatoms. The van der Waals surface area contributed by atoms with E-state index in [1.54, 1.807) is 31.4 Å². The van der Waals surface area contributed by atoms with Crippen LogP contribution in [0.15, 0.2) is 47.4 Å². The number of nitrogens with two attached hydrogens (primary N) is 1. The molecule has 0 saturated heterocycles. The molecular weight excluding hydrogens is 290 g/mol. The van der Waals surface area contributed by atoms with Crippen LogP contribution >= 0.6 is 0 Å². The summed E-state index contributed by atoms with van der Waals surface area (Å²) in [6.07, 6.45) is 1.16. The number of benzene rings is 2. The molecule has 2 aromatic carbocycles. The van der Waals surface area contributed by atoms with Gasteiger partial charge in [0.15, 0.2) is 9.84 Å². The fraction of sp³-hybridized carbons (Fsp3) is 0.200. The van der Waals surface area contributed by atoms with Crippen LogP contribution in [-0.2, 0) is 16.4 Å². The van der Waals surface area contributed by atoms with E-state index in [9.17, 15) is 8.42 Å². The first-order valence-electron chi connectivity index (χ1n) is 6.25. The topological polar surface area (TPSA) is 78.6 Å². The second-order valence-electron chi connectivity index (χ2n) is 4.61. The Bertz CT molecular complexity index is 741. The van der Waals surface area contributed by atoms with E-state index < -0.39 is 9.84 Å². The van der Waals surface area contributed by atoms with Crippen molar-refractivity contribution < 1.29 is 17.9 Å². The summed E-state index contributed by atoms with van der Waals surface area (Å²) in [5.41, 5.74) is 7.23. The lowest BCUT2D eigenvalue weighted by molar-refractivity contribution is 0.305. The van der Waals surface area contributed by atoms with E-state index in [0.29, 0.717) is 23.8 Å². The summed E-state index contributed by atoms with van der Waals surface area (Å²) in [7, 11) is -1.69. The third-order valence-corrected chi connectivity index (χ3v) is 4.04. The van der Waals surface area contributed by atoms with Crippen molar-refractivity contribution in [2.45, 2.75) is 11.5 Å². The minimum Gasteiger partial charge on any atom is -0.495 e. The molecule has 0 atom stereocenters. The van der Waals surface area contributed by atoms with Gasteiger partial charge in [0.05, 0.1) is 17.7 Å². The third kappa shape index (κ3) is 3.88. The minimum absolute atomic E-state index is 0.231. The molecule has 0 unspecified atom stereocenters. The maximum atomic E-state index is 11.5. The van der Waals surface area contributed by atoms with Crippen LogP contribution < -0.4 is 15.2 Å². The summed E-state index contributed by atoms with van der Waals surface area (Å²) in [4.78, 5) is 0.231. The first-order valence-corrected chi connectivity index (χ1v) is 8.14. The lowest BCUT2D eigenvalue weighted by atomic mass is 10.2. The lowest BCUT2D eigenvalue weighted by Gasteiger charge is -2.10. The fourth-order valence-electron chi connectivity index (χ4n) is 1.83. The summed E-state index contributed by atoms with van der Waals surface area (Å²) in [5.74, 6) is 1.10. The molecular formula is C15H17NO4S. The number of nitrogen functional groups attached to an aromatic ring is 1. The molecule has 21 heavy (non-hydrogen) atoms. The Morgan fingerprint density at radius 3 is 2.52 bits per heavy atom. The molecule has 0 amide bonds. The molecule has 0 aliphatic carbocycles. The molecule has 0 aliphatic heterocycles. The molecule has 2 N–H and O–H groups in total. The summed E-state index contributed by atoms with van der Waals surface area (Å²) >= 11 is 0. The van der Waals surface area contributed by atoms with Crippen LogP contribution in [0.5, 0.6) is 11.5 Å². The van der Waals surface area contributed by atoms with Crippen molar-refractivity contribution in [3.63, 3.8) is 0 Å². The zero-order chi connectivity index (χ0) is 15.5. The Kier molecular flexibility index (Phi) is 4.37. The maximum absolute atomic E-state index is 11.5. The Morgan fingerprint density at radius 2 is 1.90 bits per heavy atom. The van der Waals surface area contributed by atoms with Gasteiger partial charge < -0.3 is 15.2 Å². The van der Waals surface area contributed by atoms with Crippen molar-refractivity contribution in [2.75, 3.05) is 19.1 Å². The third-order valence-electron chi connectivity index (χ3n) is 2.93. The predicted octanol–water partition coefficient (Wildman–Crippen LogP) is 2.26. The molecule has 0 aromatic heterocycles. The number of rotatable bonds is 5. The van der Waals surface area contributed by atoms with Crippen molar-refractivity contribution in [1.82, 2.24) is 0 Å². The van der Waals surface area contributed by atoms with Crippen molar-refractivity contribution in [3.05, 3.63) is 48.0 Å². The molecule has 0 radical (unpaired) electrons. The highest BCUT2D eigenvalue weighted by Gasteiger charge is 2.08. The van der Waals surface area contributed by atoms with Crippen LogP contribution in [0.4, 0.5) is 5.69 Å². The van der Waals surface area contributed by atoms with Gasteiger partial charge in [-0.1, -0.05) is 12.1 Å². The van der Waals surface area contributed by atoms with Crippen LogP contribution in [0.2, 0.25) is 0 Å². The Hall–Kier alpha value is -2.21. The van der Waals surface area contributed by atoms with Gasteiger partial charge in [0, 0.05) is 6.26 Å². The van der Waals surface area contributed by atoms with Crippen molar-refractivity contribution >= 4 is 15.5 Å². The fourth-order valence-corrected chi connectivity index (χ4v) is 2.49.